The number of nitrogens with one attached hydrogen (secondary N) is 1. The minimum absolute atomic E-state index is 0.0836. The number of rotatable bonds is 2. The van der Waals surface area contributed by atoms with E-state index >= 15 is 0 Å². The molecule has 0 radical (unpaired) electrons. The molecule has 0 bridgehead atoms. The van der Waals surface area contributed by atoms with Crippen molar-refractivity contribution in [2.45, 2.75) is 38.6 Å². The molecule has 1 amide bonds. The van der Waals surface area contributed by atoms with Gasteiger partial charge in [0, 0.05) is 13.1 Å². The SMILES string of the molecule is CC1CCCCC1N(C)C(=O)c1cnn2c1[nH]c(=O)c1ccccc12. The Kier molecular flexibility index (Phi) is 3.82. The standard InChI is InChI=1S/C19H22N4O2/c1-12-7-3-5-9-15(12)22(2)19(25)14-11-20-23-16-10-6-4-8-13(16)18(24)21-17(14)23/h4,6,8,10-12,15H,3,5,7,9H2,1-2H3,(H,21,24). The van der Waals surface area contributed by atoms with E-state index in [1.807, 2.05) is 30.1 Å². The van der Waals surface area contributed by atoms with Crippen LogP contribution in [0.2, 0.25) is 0 Å². The fourth-order valence-electron chi connectivity index (χ4n) is 4.05. The summed E-state index contributed by atoms with van der Waals surface area (Å²) in [7, 11) is 1.86. The van der Waals surface area contributed by atoms with Crippen molar-refractivity contribution in [3.8, 4) is 0 Å². The Morgan fingerprint density at radius 1 is 1.28 bits per heavy atom. The quantitative estimate of drug-likeness (QED) is 0.781. The van der Waals surface area contributed by atoms with Crippen molar-refractivity contribution in [1.29, 1.82) is 0 Å². The van der Waals surface area contributed by atoms with Crippen molar-refractivity contribution >= 4 is 22.5 Å². The molecule has 0 saturated heterocycles. The van der Waals surface area contributed by atoms with Crippen molar-refractivity contribution in [3.63, 3.8) is 0 Å². The number of carbonyl (C=O) groups is 1. The third-order valence-electron chi connectivity index (χ3n) is 5.49. The second kappa shape index (κ2) is 6.02. The summed E-state index contributed by atoms with van der Waals surface area (Å²) in [5.74, 6) is 0.407. The van der Waals surface area contributed by atoms with Gasteiger partial charge in [-0.1, -0.05) is 31.9 Å². The monoisotopic (exact) mass is 338 g/mol. The molecule has 1 aromatic carbocycles. The van der Waals surface area contributed by atoms with Gasteiger partial charge in [0.2, 0.25) is 0 Å². The van der Waals surface area contributed by atoms with Crippen molar-refractivity contribution in [3.05, 3.63) is 46.4 Å². The number of fused-ring (bicyclic) bond motifs is 3. The minimum Gasteiger partial charge on any atom is -0.338 e. The Bertz CT molecular complexity index is 1000. The first-order valence-corrected chi connectivity index (χ1v) is 8.84. The number of benzene rings is 1. The van der Waals surface area contributed by atoms with Crippen LogP contribution < -0.4 is 5.56 Å². The van der Waals surface area contributed by atoms with Crippen molar-refractivity contribution in [2.24, 2.45) is 5.92 Å². The second-order valence-corrected chi connectivity index (χ2v) is 7.04. The molecule has 0 aliphatic heterocycles. The van der Waals surface area contributed by atoms with Crippen LogP contribution in [-0.2, 0) is 0 Å². The van der Waals surface area contributed by atoms with Crippen LogP contribution in [0.5, 0.6) is 0 Å². The van der Waals surface area contributed by atoms with Crippen LogP contribution in [0.4, 0.5) is 0 Å². The topological polar surface area (TPSA) is 70.5 Å². The summed E-state index contributed by atoms with van der Waals surface area (Å²) in [6, 6.07) is 7.51. The van der Waals surface area contributed by atoms with Gasteiger partial charge in [-0.15, -0.1) is 0 Å². The van der Waals surface area contributed by atoms with E-state index in [0.717, 1.165) is 19.3 Å². The van der Waals surface area contributed by atoms with E-state index in [1.165, 1.54) is 6.42 Å². The smallest absolute Gasteiger partial charge is 0.259 e. The van der Waals surface area contributed by atoms with E-state index in [4.69, 9.17) is 0 Å². The number of aromatic amines is 1. The van der Waals surface area contributed by atoms with E-state index in [-0.39, 0.29) is 17.5 Å². The molecular formula is C19H22N4O2. The molecule has 0 spiro atoms. The summed E-state index contributed by atoms with van der Waals surface area (Å²) in [5.41, 5.74) is 1.41. The number of nitrogens with zero attached hydrogens (tertiary/aromatic N) is 3. The average molecular weight is 338 g/mol. The Hall–Kier alpha value is -2.63. The number of hydrogen-bond acceptors (Lipinski definition) is 3. The molecule has 2 aromatic heterocycles. The highest BCUT2D eigenvalue weighted by Gasteiger charge is 2.30. The Morgan fingerprint density at radius 2 is 2.04 bits per heavy atom. The Balaban J connectivity index is 1.79. The van der Waals surface area contributed by atoms with Crippen molar-refractivity contribution in [2.75, 3.05) is 7.05 Å². The zero-order valence-electron chi connectivity index (χ0n) is 14.5. The van der Waals surface area contributed by atoms with Gasteiger partial charge in [-0.05, 0) is 30.9 Å². The summed E-state index contributed by atoms with van der Waals surface area (Å²) < 4.78 is 1.64. The maximum Gasteiger partial charge on any atom is 0.259 e. The number of carbonyl (C=O) groups excluding carboxylic acids is 1. The van der Waals surface area contributed by atoms with Gasteiger partial charge in [-0.3, -0.25) is 9.59 Å². The van der Waals surface area contributed by atoms with Crippen LogP contribution in [0.1, 0.15) is 43.0 Å². The predicted molar refractivity (Wildman–Crippen MR) is 96.8 cm³/mol. The maximum absolute atomic E-state index is 13.1. The highest BCUT2D eigenvalue weighted by molar-refractivity contribution is 6.00. The zero-order chi connectivity index (χ0) is 17.6. The lowest BCUT2D eigenvalue weighted by atomic mass is 9.85. The van der Waals surface area contributed by atoms with Crippen molar-refractivity contribution in [1.82, 2.24) is 19.5 Å². The molecule has 6 nitrogen and oxygen atoms in total. The van der Waals surface area contributed by atoms with Crippen LogP contribution in [0.3, 0.4) is 0 Å². The maximum atomic E-state index is 13.1. The highest BCUT2D eigenvalue weighted by Crippen LogP contribution is 2.28. The molecule has 2 atom stereocenters. The van der Waals surface area contributed by atoms with Gasteiger partial charge >= 0.3 is 0 Å². The molecule has 6 heteroatoms. The average Bonchev–Trinajstić information content (AvgIpc) is 3.05. The summed E-state index contributed by atoms with van der Waals surface area (Å²) in [6.45, 7) is 2.21. The van der Waals surface area contributed by atoms with Crippen LogP contribution in [-0.4, -0.2) is 38.5 Å². The third-order valence-corrected chi connectivity index (χ3v) is 5.49. The Labute approximate surface area is 145 Å². The second-order valence-electron chi connectivity index (χ2n) is 7.04. The molecular weight excluding hydrogens is 316 g/mol. The van der Waals surface area contributed by atoms with Gasteiger partial charge in [0.1, 0.15) is 11.2 Å². The molecule has 3 aromatic rings. The number of amides is 1. The van der Waals surface area contributed by atoms with E-state index < -0.39 is 0 Å². The molecule has 1 fully saturated rings. The first-order chi connectivity index (χ1) is 12.1. The molecule has 1 aliphatic carbocycles. The first kappa shape index (κ1) is 15.9. The molecule has 25 heavy (non-hydrogen) atoms. The summed E-state index contributed by atoms with van der Waals surface area (Å²) in [4.78, 5) is 30.1. The summed E-state index contributed by atoms with van der Waals surface area (Å²) >= 11 is 0. The van der Waals surface area contributed by atoms with Gasteiger partial charge in [-0.2, -0.15) is 5.10 Å². The van der Waals surface area contributed by atoms with Crippen LogP contribution in [0.15, 0.2) is 35.3 Å². The van der Waals surface area contributed by atoms with Gasteiger partial charge in [0.15, 0.2) is 0 Å². The fourth-order valence-corrected chi connectivity index (χ4v) is 4.05. The van der Waals surface area contributed by atoms with Crippen LogP contribution >= 0.6 is 0 Å². The number of aromatic nitrogens is 3. The molecule has 1 aliphatic rings. The van der Waals surface area contributed by atoms with E-state index in [9.17, 15) is 9.59 Å². The van der Waals surface area contributed by atoms with Gasteiger partial charge < -0.3 is 9.88 Å². The molecule has 1 N–H and O–H groups in total. The molecule has 130 valence electrons. The van der Waals surface area contributed by atoms with Gasteiger partial charge in [0.05, 0.1) is 17.1 Å². The fraction of sp³-hybridized carbons (Fsp3) is 0.421. The van der Waals surface area contributed by atoms with E-state index in [0.29, 0.717) is 28.0 Å². The zero-order valence-corrected chi connectivity index (χ0v) is 14.5. The minimum atomic E-state index is -0.202. The molecule has 4 rings (SSSR count). The molecule has 1 saturated carbocycles. The third kappa shape index (κ3) is 2.52. The number of para-hydroxylation sites is 1. The van der Waals surface area contributed by atoms with Gasteiger partial charge in [0.25, 0.3) is 11.5 Å². The summed E-state index contributed by atoms with van der Waals surface area (Å²) in [5, 5.41) is 4.92. The van der Waals surface area contributed by atoms with E-state index in [1.54, 1.807) is 16.8 Å². The largest absolute Gasteiger partial charge is 0.338 e. The van der Waals surface area contributed by atoms with E-state index in [2.05, 4.69) is 17.0 Å². The van der Waals surface area contributed by atoms with Gasteiger partial charge in [-0.25, -0.2) is 4.52 Å². The highest BCUT2D eigenvalue weighted by atomic mass is 16.2. The molecule has 2 heterocycles. The lowest BCUT2D eigenvalue weighted by molar-refractivity contribution is 0.0630. The van der Waals surface area contributed by atoms with Crippen LogP contribution in [0.25, 0.3) is 16.6 Å². The molecule has 2 unspecified atom stereocenters. The lowest BCUT2D eigenvalue weighted by Gasteiger charge is -2.36. The van der Waals surface area contributed by atoms with Crippen LogP contribution in [0, 0.1) is 5.92 Å². The summed E-state index contributed by atoms with van der Waals surface area (Å²) in [6.07, 6.45) is 6.13. The number of hydrogen-bond donors (Lipinski definition) is 1. The normalized spacial score (nSPS) is 20.9. The first-order valence-electron chi connectivity index (χ1n) is 8.84. The lowest BCUT2D eigenvalue weighted by Crippen LogP contribution is -2.42. The number of H-pyrrole nitrogens is 1. The Morgan fingerprint density at radius 3 is 2.84 bits per heavy atom. The predicted octanol–water partition coefficient (Wildman–Crippen LogP) is 2.83. The van der Waals surface area contributed by atoms with Crippen molar-refractivity contribution < 1.29 is 4.79 Å².